The molecule has 0 heterocycles. The van der Waals surface area contributed by atoms with Gasteiger partial charge in [0.1, 0.15) is 0 Å². The Morgan fingerprint density at radius 3 is 1.00 bits per heavy atom. The minimum atomic E-state index is 0. The molecule has 2 radical (unpaired) electrons. The van der Waals surface area contributed by atoms with Crippen LogP contribution >= 0.6 is 0 Å². The molecule has 0 N–H and O–H groups in total. The molecule has 1 nitrogen and oxygen atoms in total. The molecule has 4 heavy (non-hydrogen) atoms. The zero-order valence-electron chi connectivity index (χ0n) is 2.06. The van der Waals surface area contributed by atoms with Crippen LogP contribution in [-0.4, -0.2) is 48.3 Å². The summed E-state index contributed by atoms with van der Waals surface area (Å²) in [6, 6.07) is 0. The molecule has 0 aromatic carbocycles. The first kappa shape index (κ1) is 34.6. The largest absolute Gasteiger partial charge is 4.00 e. The van der Waals surface area contributed by atoms with Crippen molar-refractivity contribution in [1.82, 2.24) is 0 Å². The first-order chi connectivity index (χ1) is 0. The van der Waals surface area contributed by atoms with Crippen molar-refractivity contribution in [2.45, 2.75) is 0 Å². The van der Waals surface area contributed by atoms with Crippen molar-refractivity contribution in [1.29, 1.82) is 0 Å². The van der Waals surface area contributed by atoms with E-state index < -0.39 is 0 Å². The smallest absolute Gasteiger partial charge is 2.00 e. The molecule has 0 aliphatic heterocycles. The second kappa shape index (κ2) is 19.0. The molecule has 0 aromatic heterocycles. The van der Waals surface area contributed by atoms with Crippen molar-refractivity contribution in [2.24, 2.45) is 0 Å². The Morgan fingerprint density at radius 2 is 1.00 bits per heavy atom. The minimum Gasteiger partial charge on any atom is -2.00 e. The Balaban J connectivity index is 0. The van der Waals surface area contributed by atoms with Crippen molar-refractivity contribution in [3.63, 3.8) is 0 Å². The maximum Gasteiger partial charge on any atom is 4.00 e. The zero-order chi connectivity index (χ0) is 0. The third kappa shape index (κ3) is 8.89. The van der Waals surface area contributed by atoms with Crippen LogP contribution < -0.4 is 0 Å². The first-order valence-electron chi connectivity index (χ1n) is 0. The third-order valence-electron chi connectivity index (χ3n) is 0. The van der Waals surface area contributed by atoms with E-state index in [0.717, 1.165) is 0 Å². The van der Waals surface area contributed by atoms with Crippen LogP contribution in [0.5, 0.6) is 0 Å². The summed E-state index contributed by atoms with van der Waals surface area (Å²) < 4.78 is 0. The van der Waals surface area contributed by atoms with Crippen LogP contribution in [0.3, 0.4) is 0 Å². The van der Waals surface area contributed by atoms with E-state index in [1.807, 2.05) is 0 Å². The Morgan fingerprint density at radius 1 is 1.00 bits per heavy atom. The van der Waals surface area contributed by atoms with E-state index in [0.29, 0.717) is 0 Å². The molecule has 10 valence electrons. The zero-order valence-corrected chi connectivity index (χ0v) is 10.4. The fraction of sp³-hybridized carbons (Fsp3) is 0. The van der Waals surface area contributed by atoms with Crippen molar-refractivity contribution in [2.75, 3.05) is 0 Å². The van der Waals surface area contributed by atoms with Gasteiger partial charge in [0.25, 0.3) is 0 Å². The molecule has 0 atom stereocenters. The van der Waals surface area contributed by atoms with E-state index in [4.69, 9.17) is 0 Å². The van der Waals surface area contributed by atoms with E-state index in [9.17, 15) is 0 Å². The molecule has 0 aliphatic rings. The molecule has 0 spiro atoms. The van der Waals surface area contributed by atoms with Gasteiger partial charge in [0.15, 0.2) is 0 Å². The van der Waals surface area contributed by atoms with Crippen molar-refractivity contribution in [3.8, 4) is 0 Å². The van der Waals surface area contributed by atoms with Gasteiger partial charge in [0.05, 0.1) is 0 Å². The molecule has 0 rings (SSSR count). The molecule has 0 aromatic rings. The standard InChI is InChI=1S/O.Sb.Sn.Zn/q-2;+3;+4;+2. The molecule has 0 saturated heterocycles. The molecular weight excluding hydrogens is 322 g/mol. The maximum atomic E-state index is 0. The summed E-state index contributed by atoms with van der Waals surface area (Å²) in [7, 11) is 0. The van der Waals surface area contributed by atoms with E-state index in [-0.39, 0.29) is 73.3 Å². The molecule has 0 fully saturated rings. The van der Waals surface area contributed by atoms with Crippen LogP contribution in [0, 0.1) is 0 Å². The quantitative estimate of drug-likeness (QED) is 0.518. The van der Waals surface area contributed by atoms with Crippen LogP contribution in [0.15, 0.2) is 0 Å². The molecule has 4 heteroatoms. The van der Waals surface area contributed by atoms with Crippen LogP contribution in [0.4, 0.5) is 0 Å². The topological polar surface area (TPSA) is 28.5 Å². The number of rotatable bonds is 0. The Labute approximate surface area is 72.4 Å². The SMILES string of the molecule is [O-2].[Sb+3].[Sn+4].[Zn+2]. The van der Waals surface area contributed by atoms with Crippen molar-refractivity contribution in [3.05, 3.63) is 0 Å². The Bertz CT molecular complexity index is 8.00. The first-order valence-corrected chi connectivity index (χ1v) is 0. The molecule has 0 unspecified atom stereocenters. The predicted molar refractivity (Wildman–Crippen MR) is 12.2 cm³/mol. The molecule has 0 bridgehead atoms. The van der Waals surface area contributed by atoms with Gasteiger partial charge in [-0.1, -0.05) is 0 Å². The summed E-state index contributed by atoms with van der Waals surface area (Å²) >= 11 is 0. The minimum absolute atomic E-state index is 0. The van der Waals surface area contributed by atoms with Gasteiger partial charge in [-0.25, -0.2) is 0 Å². The normalized spacial score (nSPS) is 0. The fourth-order valence-electron chi connectivity index (χ4n) is 0. The van der Waals surface area contributed by atoms with Gasteiger partial charge in [0, 0.05) is 0 Å². The summed E-state index contributed by atoms with van der Waals surface area (Å²) in [4.78, 5) is 0. The second-order valence-corrected chi connectivity index (χ2v) is 0. The predicted octanol–water partition coefficient (Wildman–Crippen LogP) is -0.883. The van der Waals surface area contributed by atoms with E-state index >= 15 is 0 Å². The average molecular weight is 322 g/mol. The summed E-state index contributed by atoms with van der Waals surface area (Å²) in [6.45, 7) is 0. The number of hydrogen-bond acceptors (Lipinski definition) is 0. The summed E-state index contributed by atoms with van der Waals surface area (Å²) in [6.07, 6.45) is 0. The van der Waals surface area contributed by atoms with Crippen molar-refractivity contribution >= 4 is 48.3 Å². The van der Waals surface area contributed by atoms with Gasteiger partial charge in [-0.15, -0.1) is 0 Å². The number of hydrogen-bond donors (Lipinski definition) is 0. The van der Waals surface area contributed by atoms with Crippen LogP contribution in [-0.2, 0) is 25.0 Å². The summed E-state index contributed by atoms with van der Waals surface area (Å²) in [5.74, 6) is 0. The van der Waals surface area contributed by atoms with Gasteiger partial charge in [-0.3, -0.25) is 0 Å². The van der Waals surface area contributed by atoms with Gasteiger partial charge in [0.2, 0.25) is 0 Å². The van der Waals surface area contributed by atoms with E-state index in [1.54, 1.807) is 0 Å². The molecule has 0 aliphatic carbocycles. The van der Waals surface area contributed by atoms with Crippen LogP contribution in [0.2, 0.25) is 0 Å². The van der Waals surface area contributed by atoms with Crippen LogP contribution in [0.25, 0.3) is 0 Å². The Hall–Kier alpha value is 2.20. The molecular formula is OSbSnZn+7. The maximum absolute atomic E-state index is 0. The van der Waals surface area contributed by atoms with Gasteiger partial charge in [-0.2, -0.15) is 0 Å². The summed E-state index contributed by atoms with van der Waals surface area (Å²) in [5, 5.41) is 0. The fourth-order valence-corrected chi connectivity index (χ4v) is 0. The van der Waals surface area contributed by atoms with Crippen molar-refractivity contribution < 1.29 is 25.0 Å². The molecule has 0 amide bonds. The summed E-state index contributed by atoms with van der Waals surface area (Å²) in [5.41, 5.74) is 0. The molecule has 0 saturated carbocycles. The van der Waals surface area contributed by atoms with Crippen LogP contribution in [0.1, 0.15) is 0 Å². The van der Waals surface area contributed by atoms with E-state index in [1.165, 1.54) is 0 Å². The van der Waals surface area contributed by atoms with Gasteiger partial charge in [-0.05, 0) is 0 Å². The third-order valence-corrected chi connectivity index (χ3v) is 0. The van der Waals surface area contributed by atoms with Gasteiger partial charge >= 0.3 is 67.8 Å². The average Bonchev–Trinajstić information content (AvgIpc) is 0. The van der Waals surface area contributed by atoms with Gasteiger partial charge < -0.3 is 5.48 Å². The monoisotopic (exact) mass is 321 g/mol. The second-order valence-electron chi connectivity index (χ2n) is 0. The van der Waals surface area contributed by atoms with E-state index in [2.05, 4.69) is 0 Å². The Kier molecular flexibility index (Phi) is 164.